The number of likely N-dealkylation sites (N-methyl/N-ethyl adjacent to an activating group) is 1. The molecule has 0 amide bonds. The number of nitrogens with one attached hydrogen (secondary N) is 1. The van der Waals surface area contributed by atoms with Gasteiger partial charge in [-0.05, 0) is 37.6 Å². The zero-order chi connectivity index (χ0) is 13.5. The summed E-state index contributed by atoms with van der Waals surface area (Å²) >= 11 is 5.96. The van der Waals surface area contributed by atoms with E-state index in [1.165, 1.54) is 0 Å². The van der Waals surface area contributed by atoms with Gasteiger partial charge in [0.15, 0.2) is 0 Å². The zero-order valence-electron chi connectivity index (χ0n) is 11.7. The molecule has 0 saturated carbocycles. The lowest BCUT2D eigenvalue weighted by Gasteiger charge is -2.30. The molecule has 3 unspecified atom stereocenters. The molecule has 1 rings (SSSR count). The molecule has 0 aliphatic rings. The Kier molecular flexibility index (Phi) is 6.51. The summed E-state index contributed by atoms with van der Waals surface area (Å²) in [5.74, 6) is 1.42. The van der Waals surface area contributed by atoms with Crippen molar-refractivity contribution >= 4 is 11.6 Å². The predicted molar refractivity (Wildman–Crippen MR) is 78.5 cm³/mol. The summed E-state index contributed by atoms with van der Waals surface area (Å²) < 4.78 is 5.99. The third kappa shape index (κ3) is 4.51. The summed E-state index contributed by atoms with van der Waals surface area (Å²) in [6.45, 7) is 9.66. The van der Waals surface area contributed by atoms with Gasteiger partial charge in [0.2, 0.25) is 0 Å². The van der Waals surface area contributed by atoms with E-state index in [4.69, 9.17) is 16.3 Å². The number of hydrogen-bond donors (Lipinski definition) is 1. The van der Waals surface area contributed by atoms with E-state index >= 15 is 0 Å². The van der Waals surface area contributed by atoms with Gasteiger partial charge in [-0.1, -0.05) is 44.9 Å². The molecule has 0 aliphatic heterocycles. The number of benzene rings is 1. The summed E-state index contributed by atoms with van der Waals surface area (Å²) in [5.41, 5.74) is 0. The fraction of sp³-hybridized carbons (Fsp3) is 0.600. The highest BCUT2D eigenvalue weighted by Crippen LogP contribution is 2.21. The van der Waals surface area contributed by atoms with Gasteiger partial charge in [0, 0.05) is 11.1 Å². The molecule has 0 bridgehead atoms. The van der Waals surface area contributed by atoms with Gasteiger partial charge >= 0.3 is 0 Å². The molecule has 1 aromatic carbocycles. The van der Waals surface area contributed by atoms with Crippen molar-refractivity contribution in [2.75, 3.05) is 6.54 Å². The molecule has 0 radical (unpaired) electrons. The van der Waals surface area contributed by atoms with Crippen LogP contribution < -0.4 is 10.1 Å². The van der Waals surface area contributed by atoms with Crippen molar-refractivity contribution in [3.8, 4) is 5.75 Å². The zero-order valence-corrected chi connectivity index (χ0v) is 12.5. The monoisotopic (exact) mass is 269 g/mol. The van der Waals surface area contributed by atoms with Crippen molar-refractivity contribution in [3.63, 3.8) is 0 Å². The summed E-state index contributed by atoms with van der Waals surface area (Å²) in [6.07, 6.45) is 1.26. The van der Waals surface area contributed by atoms with E-state index in [2.05, 4.69) is 33.0 Å². The van der Waals surface area contributed by atoms with Crippen LogP contribution in [0.4, 0.5) is 0 Å². The minimum atomic E-state index is 0.123. The first kappa shape index (κ1) is 15.3. The molecule has 102 valence electrons. The Balaban J connectivity index is 2.68. The maximum atomic E-state index is 5.99. The maximum Gasteiger partial charge on any atom is 0.121 e. The van der Waals surface area contributed by atoms with Gasteiger partial charge in [-0.2, -0.15) is 0 Å². The van der Waals surface area contributed by atoms with E-state index in [1.54, 1.807) is 0 Å². The second-order valence-corrected chi connectivity index (χ2v) is 5.19. The Morgan fingerprint density at radius 3 is 2.56 bits per heavy atom. The largest absolute Gasteiger partial charge is 0.489 e. The van der Waals surface area contributed by atoms with Crippen molar-refractivity contribution < 1.29 is 4.74 Å². The van der Waals surface area contributed by atoms with Gasteiger partial charge in [0.1, 0.15) is 11.9 Å². The lowest BCUT2D eigenvalue weighted by molar-refractivity contribution is 0.139. The molecule has 0 spiro atoms. The highest BCUT2D eigenvalue weighted by molar-refractivity contribution is 6.30. The smallest absolute Gasteiger partial charge is 0.121 e. The van der Waals surface area contributed by atoms with Crippen LogP contribution in [-0.2, 0) is 0 Å². The minimum absolute atomic E-state index is 0.123. The first-order chi connectivity index (χ1) is 8.58. The molecule has 1 aromatic rings. The van der Waals surface area contributed by atoms with Crippen LogP contribution in [0.5, 0.6) is 5.75 Å². The van der Waals surface area contributed by atoms with Gasteiger partial charge < -0.3 is 10.1 Å². The van der Waals surface area contributed by atoms with Crippen LogP contribution in [0.2, 0.25) is 5.02 Å². The summed E-state index contributed by atoms with van der Waals surface area (Å²) in [7, 11) is 0. The number of halogens is 1. The average molecular weight is 270 g/mol. The molecule has 3 heteroatoms. The van der Waals surface area contributed by atoms with E-state index in [0.29, 0.717) is 17.0 Å². The first-order valence-electron chi connectivity index (χ1n) is 6.74. The molecule has 0 fully saturated rings. The minimum Gasteiger partial charge on any atom is -0.489 e. The summed E-state index contributed by atoms with van der Waals surface area (Å²) in [6, 6.07) is 7.93. The normalized spacial score (nSPS) is 16.1. The molecular formula is C15H24ClNO. The molecule has 0 heterocycles. The highest BCUT2D eigenvalue weighted by Gasteiger charge is 2.23. The molecule has 0 aliphatic carbocycles. The Hall–Kier alpha value is -0.730. The molecule has 2 nitrogen and oxygen atoms in total. The Bertz CT molecular complexity index is 356. The van der Waals surface area contributed by atoms with Crippen LogP contribution >= 0.6 is 11.6 Å². The topological polar surface area (TPSA) is 21.3 Å². The first-order valence-corrected chi connectivity index (χ1v) is 7.11. The van der Waals surface area contributed by atoms with Gasteiger partial charge in [0.25, 0.3) is 0 Å². The van der Waals surface area contributed by atoms with E-state index in [0.717, 1.165) is 18.7 Å². The van der Waals surface area contributed by atoms with Crippen LogP contribution in [-0.4, -0.2) is 18.7 Å². The van der Waals surface area contributed by atoms with Gasteiger partial charge in [-0.25, -0.2) is 0 Å². The van der Waals surface area contributed by atoms with Crippen molar-refractivity contribution in [1.29, 1.82) is 0 Å². The van der Waals surface area contributed by atoms with Crippen LogP contribution in [0.25, 0.3) is 0 Å². The van der Waals surface area contributed by atoms with Crippen LogP contribution in [0.3, 0.4) is 0 Å². The van der Waals surface area contributed by atoms with Gasteiger partial charge in [-0.15, -0.1) is 0 Å². The lowest BCUT2D eigenvalue weighted by Crippen LogP contribution is -2.45. The Labute approximate surface area is 116 Å². The Morgan fingerprint density at radius 1 is 1.28 bits per heavy atom. The fourth-order valence-electron chi connectivity index (χ4n) is 2.15. The SMILES string of the molecule is CCNC(C(C)CC)C(C)Oc1cccc(Cl)c1. The molecule has 0 saturated heterocycles. The third-order valence-corrected chi connectivity index (χ3v) is 3.56. The van der Waals surface area contributed by atoms with Crippen LogP contribution in [0.15, 0.2) is 24.3 Å². The van der Waals surface area contributed by atoms with Gasteiger partial charge in [0.05, 0.1) is 0 Å². The summed E-state index contributed by atoms with van der Waals surface area (Å²) in [5, 5.41) is 4.22. The number of ether oxygens (including phenoxy) is 1. The molecule has 1 N–H and O–H groups in total. The summed E-state index contributed by atoms with van der Waals surface area (Å²) in [4.78, 5) is 0. The Morgan fingerprint density at radius 2 is 2.00 bits per heavy atom. The van der Waals surface area contributed by atoms with E-state index in [9.17, 15) is 0 Å². The molecule has 0 aromatic heterocycles. The fourth-order valence-corrected chi connectivity index (χ4v) is 2.33. The lowest BCUT2D eigenvalue weighted by atomic mass is 9.95. The number of hydrogen-bond acceptors (Lipinski definition) is 2. The quantitative estimate of drug-likeness (QED) is 0.804. The molecule has 3 atom stereocenters. The third-order valence-electron chi connectivity index (χ3n) is 3.32. The van der Waals surface area contributed by atoms with Gasteiger partial charge in [-0.3, -0.25) is 0 Å². The molecule has 18 heavy (non-hydrogen) atoms. The van der Waals surface area contributed by atoms with Crippen LogP contribution in [0.1, 0.15) is 34.1 Å². The maximum absolute atomic E-state index is 5.99. The van der Waals surface area contributed by atoms with E-state index in [1.807, 2.05) is 24.3 Å². The van der Waals surface area contributed by atoms with Crippen molar-refractivity contribution in [2.45, 2.75) is 46.3 Å². The predicted octanol–water partition coefficient (Wildman–Crippen LogP) is 4.13. The van der Waals surface area contributed by atoms with Crippen molar-refractivity contribution in [1.82, 2.24) is 5.32 Å². The standard InChI is InChI=1S/C15H24ClNO/c1-5-11(3)15(17-6-2)12(4)18-14-9-7-8-13(16)10-14/h7-12,15,17H,5-6H2,1-4H3. The van der Waals surface area contributed by atoms with Crippen molar-refractivity contribution in [3.05, 3.63) is 29.3 Å². The van der Waals surface area contributed by atoms with Crippen LogP contribution in [0, 0.1) is 5.92 Å². The highest BCUT2D eigenvalue weighted by atomic mass is 35.5. The molecular weight excluding hydrogens is 246 g/mol. The van der Waals surface area contributed by atoms with E-state index in [-0.39, 0.29) is 6.10 Å². The average Bonchev–Trinajstić information content (AvgIpc) is 2.35. The van der Waals surface area contributed by atoms with E-state index < -0.39 is 0 Å². The van der Waals surface area contributed by atoms with Crippen molar-refractivity contribution in [2.24, 2.45) is 5.92 Å². The second kappa shape index (κ2) is 7.65. The number of rotatable bonds is 7. The second-order valence-electron chi connectivity index (χ2n) is 4.75.